The van der Waals surface area contributed by atoms with E-state index in [0.717, 1.165) is 37.7 Å². The van der Waals surface area contributed by atoms with E-state index in [1.807, 2.05) is 30.6 Å². The zero-order chi connectivity index (χ0) is 15.0. The lowest BCUT2D eigenvalue weighted by Gasteiger charge is -2.14. The summed E-state index contributed by atoms with van der Waals surface area (Å²) < 4.78 is 5.52. The standard InChI is InChI=1S/C16H21N5O/c1-2-6-18-15(5-1)22-10-7-17-11-14-12-19-16(20-13-14)21-8-3-4-9-21/h1-2,5-6,12-13,17H,3-4,7-11H2. The van der Waals surface area contributed by atoms with Crippen LogP contribution in [0.15, 0.2) is 36.8 Å². The van der Waals surface area contributed by atoms with Gasteiger partial charge in [-0.15, -0.1) is 0 Å². The van der Waals surface area contributed by atoms with E-state index in [2.05, 4.69) is 25.2 Å². The smallest absolute Gasteiger partial charge is 0.225 e. The molecule has 0 saturated carbocycles. The lowest BCUT2D eigenvalue weighted by Crippen LogP contribution is -2.22. The van der Waals surface area contributed by atoms with E-state index in [0.29, 0.717) is 12.5 Å². The predicted molar refractivity (Wildman–Crippen MR) is 84.9 cm³/mol. The van der Waals surface area contributed by atoms with Crippen molar-refractivity contribution < 1.29 is 4.74 Å². The molecule has 116 valence electrons. The van der Waals surface area contributed by atoms with Crippen LogP contribution in [0.3, 0.4) is 0 Å². The first-order valence-electron chi connectivity index (χ1n) is 7.72. The molecule has 0 spiro atoms. The second kappa shape index (κ2) is 7.70. The summed E-state index contributed by atoms with van der Waals surface area (Å²) in [6.45, 7) is 4.23. The first-order chi connectivity index (χ1) is 10.9. The molecular formula is C16H21N5O. The van der Waals surface area contributed by atoms with Gasteiger partial charge in [0.2, 0.25) is 11.8 Å². The number of nitrogens with one attached hydrogen (secondary N) is 1. The summed E-state index contributed by atoms with van der Waals surface area (Å²) in [6, 6.07) is 5.64. The molecule has 6 heteroatoms. The Bertz CT molecular complexity index is 555. The second-order valence-electron chi connectivity index (χ2n) is 5.28. The van der Waals surface area contributed by atoms with Crippen molar-refractivity contribution in [3.8, 4) is 5.88 Å². The number of anilines is 1. The van der Waals surface area contributed by atoms with Crippen LogP contribution < -0.4 is 15.0 Å². The third kappa shape index (κ3) is 4.14. The minimum atomic E-state index is 0.587. The van der Waals surface area contributed by atoms with E-state index in [4.69, 9.17) is 4.74 Å². The Morgan fingerprint density at radius 2 is 1.91 bits per heavy atom. The Hall–Kier alpha value is -2.21. The maximum absolute atomic E-state index is 5.52. The highest BCUT2D eigenvalue weighted by molar-refractivity contribution is 5.30. The number of hydrogen-bond acceptors (Lipinski definition) is 6. The zero-order valence-corrected chi connectivity index (χ0v) is 12.6. The molecule has 2 aromatic heterocycles. The van der Waals surface area contributed by atoms with E-state index >= 15 is 0 Å². The maximum atomic E-state index is 5.52. The summed E-state index contributed by atoms with van der Waals surface area (Å²) in [6.07, 6.45) is 7.99. The lowest BCUT2D eigenvalue weighted by atomic mass is 10.3. The fourth-order valence-electron chi connectivity index (χ4n) is 2.41. The number of hydrogen-bond donors (Lipinski definition) is 1. The van der Waals surface area contributed by atoms with Crippen LogP contribution in [0.5, 0.6) is 5.88 Å². The third-order valence-electron chi connectivity index (χ3n) is 3.58. The van der Waals surface area contributed by atoms with Crippen molar-refractivity contribution in [1.82, 2.24) is 20.3 Å². The van der Waals surface area contributed by atoms with Crippen LogP contribution >= 0.6 is 0 Å². The van der Waals surface area contributed by atoms with Crippen molar-refractivity contribution in [1.29, 1.82) is 0 Å². The third-order valence-corrected chi connectivity index (χ3v) is 3.58. The van der Waals surface area contributed by atoms with Gasteiger partial charge in [0, 0.05) is 56.4 Å². The SMILES string of the molecule is c1ccc(OCCNCc2cnc(N3CCCC3)nc2)nc1. The predicted octanol–water partition coefficient (Wildman–Crippen LogP) is 1.64. The van der Waals surface area contributed by atoms with Crippen LogP contribution in [0.1, 0.15) is 18.4 Å². The molecule has 1 saturated heterocycles. The van der Waals surface area contributed by atoms with Crippen molar-refractivity contribution in [3.63, 3.8) is 0 Å². The van der Waals surface area contributed by atoms with Gasteiger partial charge < -0.3 is 15.0 Å². The van der Waals surface area contributed by atoms with E-state index < -0.39 is 0 Å². The summed E-state index contributed by atoms with van der Waals surface area (Å²) in [5.74, 6) is 1.50. The maximum Gasteiger partial charge on any atom is 0.225 e. The van der Waals surface area contributed by atoms with Crippen LogP contribution in [0, 0.1) is 0 Å². The molecule has 0 aromatic carbocycles. The summed E-state index contributed by atoms with van der Waals surface area (Å²) in [5, 5.41) is 3.31. The first kappa shape index (κ1) is 14.7. The Balaban J connectivity index is 1.36. The lowest BCUT2D eigenvalue weighted by molar-refractivity contribution is 0.302. The molecule has 22 heavy (non-hydrogen) atoms. The summed E-state index contributed by atoms with van der Waals surface area (Å²) >= 11 is 0. The Morgan fingerprint density at radius 1 is 1.09 bits per heavy atom. The average molecular weight is 299 g/mol. The molecule has 0 amide bonds. The Labute approximate surface area is 130 Å². The van der Waals surface area contributed by atoms with Gasteiger partial charge in [0.15, 0.2) is 0 Å². The minimum absolute atomic E-state index is 0.587. The number of rotatable bonds is 7. The van der Waals surface area contributed by atoms with Gasteiger partial charge in [-0.3, -0.25) is 0 Å². The molecule has 0 bridgehead atoms. The Kier molecular flexibility index (Phi) is 5.15. The second-order valence-corrected chi connectivity index (χ2v) is 5.28. The Morgan fingerprint density at radius 3 is 2.64 bits per heavy atom. The number of aromatic nitrogens is 3. The molecule has 0 atom stereocenters. The van der Waals surface area contributed by atoms with E-state index in [1.165, 1.54) is 12.8 Å². The van der Waals surface area contributed by atoms with Gasteiger partial charge >= 0.3 is 0 Å². The van der Waals surface area contributed by atoms with Gasteiger partial charge in [0.25, 0.3) is 0 Å². The van der Waals surface area contributed by atoms with Crippen molar-refractivity contribution in [2.75, 3.05) is 31.1 Å². The molecular weight excluding hydrogens is 278 g/mol. The van der Waals surface area contributed by atoms with Crippen molar-refractivity contribution in [3.05, 3.63) is 42.4 Å². The molecule has 6 nitrogen and oxygen atoms in total. The van der Waals surface area contributed by atoms with Crippen molar-refractivity contribution in [2.24, 2.45) is 0 Å². The number of nitrogens with zero attached hydrogens (tertiary/aromatic N) is 4. The largest absolute Gasteiger partial charge is 0.476 e. The summed E-state index contributed by atoms with van der Waals surface area (Å²) in [7, 11) is 0. The van der Waals surface area contributed by atoms with Crippen molar-refractivity contribution in [2.45, 2.75) is 19.4 Å². The number of ether oxygens (including phenoxy) is 1. The van der Waals surface area contributed by atoms with E-state index in [1.54, 1.807) is 6.20 Å². The van der Waals surface area contributed by atoms with Crippen LogP contribution in [0.2, 0.25) is 0 Å². The normalized spacial score (nSPS) is 14.3. The highest BCUT2D eigenvalue weighted by Gasteiger charge is 2.14. The van der Waals surface area contributed by atoms with Gasteiger partial charge in [-0.2, -0.15) is 0 Å². The van der Waals surface area contributed by atoms with Crippen LogP contribution in [0.25, 0.3) is 0 Å². The van der Waals surface area contributed by atoms with Gasteiger partial charge in [-0.05, 0) is 18.9 Å². The number of pyridine rings is 1. The molecule has 1 N–H and O–H groups in total. The van der Waals surface area contributed by atoms with Gasteiger partial charge in [0.1, 0.15) is 6.61 Å². The first-order valence-corrected chi connectivity index (χ1v) is 7.72. The molecule has 1 aliphatic rings. The molecule has 2 aromatic rings. The van der Waals surface area contributed by atoms with Gasteiger partial charge in [-0.25, -0.2) is 15.0 Å². The minimum Gasteiger partial charge on any atom is -0.476 e. The summed E-state index contributed by atoms with van der Waals surface area (Å²) in [4.78, 5) is 15.2. The highest BCUT2D eigenvalue weighted by atomic mass is 16.5. The van der Waals surface area contributed by atoms with Crippen molar-refractivity contribution >= 4 is 5.95 Å². The van der Waals surface area contributed by atoms with Crippen LogP contribution in [-0.4, -0.2) is 41.2 Å². The highest BCUT2D eigenvalue weighted by Crippen LogP contribution is 2.14. The fraction of sp³-hybridized carbons (Fsp3) is 0.438. The van der Waals surface area contributed by atoms with Gasteiger partial charge in [0.05, 0.1) is 0 Å². The molecule has 0 aliphatic carbocycles. The monoisotopic (exact) mass is 299 g/mol. The average Bonchev–Trinajstić information content (AvgIpc) is 3.11. The molecule has 0 radical (unpaired) electrons. The zero-order valence-electron chi connectivity index (χ0n) is 12.6. The molecule has 3 rings (SSSR count). The molecule has 1 aliphatic heterocycles. The van der Waals surface area contributed by atoms with Gasteiger partial charge in [-0.1, -0.05) is 6.07 Å². The van der Waals surface area contributed by atoms with Crippen LogP contribution in [-0.2, 0) is 6.54 Å². The van der Waals surface area contributed by atoms with E-state index in [9.17, 15) is 0 Å². The van der Waals surface area contributed by atoms with E-state index in [-0.39, 0.29) is 0 Å². The summed E-state index contributed by atoms with van der Waals surface area (Å²) in [5.41, 5.74) is 1.08. The fourth-order valence-corrected chi connectivity index (χ4v) is 2.41. The molecule has 3 heterocycles. The quantitative estimate of drug-likeness (QED) is 0.784. The topological polar surface area (TPSA) is 63.2 Å². The van der Waals surface area contributed by atoms with Crippen LogP contribution in [0.4, 0.5) is 5.95 Å². The molecule has 0 unspecified atom stereocenters. The molecule has 1 fully saturated rings.